The van der Waals surface area contributed by atoms with Crippen molar-refractivity contribution in [2.75, 3.05) is 36.3 Å². The van der Waals surface area contributed by atoms with Crippen LogP contribution in [0, 0.1) is 0 Å². The van der Waals surface area contributed by atoms with E-state index in [1.54, 1.807) is 18.2 Å². The van der Waals surface area contributed by atoms with Crippen molar-refractivity contribution >= 4 is 29.3 Å². The van der Waals surface area contributed by atoms with Crippen molar-refractivity contribution < 1.29 is 19.1 Å². The van der Waals surface area contributed by atoms with Gasteiger partial charge in [-0.3, -0.25) is 19.4 Å². The number of nitrogens with zero attached hydrogens (tertiary/aromatic N) is 2. The van der Waals surface area contributed by atoms with E-state index in [9.17, 15) is 14.4 Å². The number of benzene rings is 1. The average Bonchev–Trinajstić information content (AvgIpc) is 2.83. The number of ether oxygens (including phenoxy) is 2. The Bertz CT molecular complexity index is 1110. The normalized spacial score (nSPS) is 20.0. The fourth-order valence-electron chi connectivity index (χ4n) is 4.54. The standard InChI is InChI=1S/C23H29N5O5/c1-4-13-7-5-6-10-28(13)23-26-20-19(22(31)27-23)15(12-18(29)25-20)21(30)24-16-9-8-14(32-2)11-17(16)33-3/h8-9,11,13,15H,4-7,10,12H2,1-3H3,(H,24,30)(H2,25,26,27,29,31). The first-order valence-electron chi connectivity index (χ1n) is 11.2. The summed E-state index contributed by atoms with van der Waals surface area (Å²) in [4.78, 5) is 48.2. The molecule has 0 spiro atoms. The zero-order chi connectivity index (χ0) is 23.5. The molecule has 3 N–H and O–H groups in total. The first-order valence-corrected chi connectivity index (χ1v) is 11.2. The Kier molecular flexibility index (Phi) is 6.52. The largest absolute Gasteiger partial charge is 0.497 e. The number of fused-ring (bicyclic) bond motifs is 1. The summed E-state index contributed by atoms with van der Waals surface area (Å²) in [6.07, 6.45) is 3.96. The van der Waals surface area contributed by atoms with E-state index in [1.807, 2.05) is 0 Å². The van der Waals surface area contributed by atoms with Gasteiger partial charge in [-0.15, -0.1) is 0 Å². The van der Waals surface area contributed by atoms with Crippen molar-refractivity contribution in [3.8, 4) is 11.5 Å². The zero-order valence-electron chi connectivity index (χ0n) is 19.1. The van der Waals surface area contributed by atoms with Gasteiger partial charge < -0.3 is 25.0 Å². The van der Waals surface area contributed by atoms with E-state index in [2.05, 4.69) is 32.4 Å². The molecule has 2 aliphatic rings. The Hall–Kier alpha value is -3.56. The topological polar surface area (TPSA) is 126 Å². The molecule has 0 radical (unpaired) electrons. The molecule has 2 aliphatic heterocycles. The van der Waals surface area contributed by atoms with E-state index < -0.39 is 17.4 Å². The lowest BCUT2D eigenvalue weighted by molar-refractivity contribution is -0.123. The van der Waals surface area contributed by atoms with E-state index in [1.165, 1.54) is 14.2 Å². The number of rotatable bonds is 6. The molecule has 1 aromatic heterocycles. The van der Waals surface area contributed by atoms with Crippen molar-refractivity contribution in [1.82, 2.24) is 9.97 Å². The van der Waals surface area contributed by atoms with Crippen LogP contribution in [0.15, 0.2) is 23.0 Å². The zero-order valence-corrected chi connectivity index (χ0v) is 19.1. The number of hydrogen-bond donors (Lipinski definition) is 3. The van der Waals surface area contributed by atoms with Crippen LogP contribution in [0.2, 0.25) is 0 Å². The summed E-state index contributed by atoms with van der Waals surface area (Å²) in [7, 11) is 3.01. The number of H-pyrrole nitrogens is 1. The van der Waals surface area contributed by atoms with Crippen LogP contribution in [-0.2, 0) is 9.59 Å². The van der Waals surface area contributed by atoms with Crippen molar-refractivity contribution in [3.05, 3.63) is 34.1 Å². The van der Waals surface area contributed by atoms with Crippen LogP contribution >= 0.6 is 0 Å². The highest BCUT2D eigenvalue weighted by Gasteiger charge is 2.36. The summed E-state index contributed by atoms with van der Waals surface area (Å²) in [6.45, 7) is 2.89. The highest BCUT2D eigenvalue weighted by molar-refractivity contribution is 6.05. The molecule has 2 aromatic rings. The molecule has 176 valence electrons. The van der Waals surface area contributed by atoms with Crippen LogP contribution in [0.5, 0.6) is 11.5 Å². The maximum atomic E-state index is 13.2. The highest BCUT2D eigenvalue weighted by Crippen LogP contribution is 2.34. The molecule has 0 bridgehead atoms. The van der Waals surface area contributed by atoms with E-state index in [0.29, 0.717) is 23.1 Å². The molecule has 1 saturated heterocycles. The van der Waals surface area contributed by atoms with Crippen molar-refractivity contribution in [2.24, 2.45) is 0 Å². The third kappa shape index (κ3) is 4.50. The van der Waals surface area contributed by atoms with Crippen LogP contribution in [0.4, 0.5) is 17.5 Å². The van der Waals surface area contributed by atoms with Gasteiger partial charge in [0.1, 0.15) is 17.3 Å². The first kappa shape index (κ1) is 22.6. The molecule has 0 aliphatic carbocycles. The van der Waals surface area contributed by atoms with E-state index >= 15 is 0 Å². The minimum Gasteiger partial charge on any atom is -0.497 e. The van der Waals surface area contributed by atoms with E-state index in [4.69, 9.17) is 9.47 Å². The Morgan fingerprint density at radius 2 is 2.06 bits per heavy atom. The summed E-state index contributed by atoms with van der Waals surface area (Å²) >= 11 is 0. The van der Waals surface area contributed by atoms with Gasteiger partial charge in [-0.2, -0.15) is 4.98 Å². The second-order valence-electron chi connectivity index (χ2n) is 8.26. The summed E-state index contributed by atoms with van der Waals surface area (Å²) < 4.78 is 10.5. The average molecular weight is 456 g/mol. The molecule has 3 heterocycles. The number of hydrogen-bond acceptors (Lipinski definition) is 7. The Labute approximate surface area is 191 Å². The van der Waals surface area contributed by atoms with Gasteiger partial charge in [-0.1, -0.05) is 6.92 Å². The molecule has 1 fully saturated rings. The maximum absolute atomic E-state index is 13.2. The fourth-order valence-corrected chi connectivity index (χ4v) is 4.54. The quantitative estimate of drug-likeness (QED) is 0.611. The Morgan fingerprint density at radius 1 is 1.24 bits per heavy atom. The molecule has 2 amide bonds. The minimum absolute atomic E-state index is 0.146. The monoisotopic (exact) mass is 455 g/mol. The lowest BCUT2D eigenvalue weighted by Crippen LogP contribution is -2.43. The number of amides is 2. The molecule has 10 heteroatoms. The molecular weight excluding hydrogens is 426 g/mol. The van der Waals surface area contributed by atoms with Crippen LogP contribution in [0.3, 0.4) is 0 Å². The molecule has 1 aromatic carbocycles. The van der Waals surface area contributed by atoms with Crippen LogP contribution in [-0.4, -0.2) is 48.6 Å². The summed E-state index contributed by atoms with van der Waals surface area (Å²) in [5, 5.41) is 5.46. The molecule has 2 unspecified atom stereocenters. The number of anilines is 3. The second-order valence-corrected chi connectivity index (χ2v) is 8.26. The van der Waals surface area contributed by atoms with Gasteiger partial charge in [0, 0.05) is 25.1 Å². The summed E-state index contributed by atoms with van der Waals surface area (Å²) in [6, 6.07) is 5.25. The number of aromatic nitrogens is 2. The van der Waals surface area contributed by atoms with E-state index in [0.717, 1.165) is 32.2 Å². The molecular formula is C23H29N5O5. The van der Waals surface area contributed by atoms with Crippen molar-refractivity contribution in [2.45, 2.75) is 51.0 Å². The lowest BCUT2D eigenvalue weighted by atomic mass is 9.92. The first-order chi connectivity index (χ1) is 15.9. The van der Waals surface area contributed by atoms with Gasteiger partial charge in [-0.25, -0.2) is 0 Å². The summed E-state index contributed by atoms with van der Waals surface area (Å²) in [5.74, 6) is -0.271. The Morgan fingerprint density at radius 3 is 2.79 bits per heavy atom. The number of carbonyl (C=O) groups is 2. The molecule has 4 rings (SSSR count). The second kappa shape index (κ2) is 9.51. The predicted octanol–water partition coefficient (Wildman–Crippen LogP) is 2.62. The third-order valence-corrected chi connectivity index (χ3v) is 6.29. The number of nitrogens with one attached hydrogen (secondary N) is 3. The Balaban J connectivity index is 1.65. The van der Waals surface area contributed by atoms with Gasteiger partial charge in [0.2, 0.25) is 17.8 Å². The summed E-state index contributed by atoms with van der Waals surface area (Å²) in [5.41, 5.74) is 0.154. The van der Waals surface area contributed by atoms with Gasteiger partial charge >= 0.3 is 0 Å². The van der Waals surface area contributed by atoms with E-state index in [-0.39, 0.29) is 29.8 Å². The molecule has 10 nitrogen and oxygen atoms in total. The van der Waals surface area contributed by atoms with Crippen LogP contribution in [0.1, 0.15) is 50.5 Å². The van der Waals surface area contributed by atoms with Gasteiger partial charge in [0.25, 0.3) is 5.56 Å². The maximum Gasteiger partial charge on any atom is 0.258 e. The molecule has 0 saturated carbocycles. The molecule has 33 heavy (non-hydrogen) atoms. The molecule has 2 atom stereocenters. The number of carbonyl (C=O) groups excluding carboxylic acids is 2. The van der Waals surface area contributed by atoms with Crippen molar-refractivity contribution in [3.63, 3.8) is 0 Å². The number of aromatic amines is 1. The minimum atomic E-state index is -0.978. The van der Waals surface area contributed by atoms with Gasteiger partial charge in [-0.05, 0) is 37.8 Å². The van der Waals surface area contributed by atoms with Crippen LogP contribution < -0.4 is 30.6 Å². The SMILES string of the molecule is CCC1CCCCN1c1nc2c(c(=O)[nH]1)C(C(=O)Nc1ccc(OC)cc1OC)CC(=O)N2. The number of methoxy groups -OCH3 is 2. The predicted molar refractivity (Wildman–Crippen MR) is 124 cm³/mol. The third-order valence-electron chi connectivity index (χ3n) is 6.29. The van der Waals surface area contributed by atoms with Gasteiger partial charge in [0.15, 0.2) is 0 Å². The smallest absolute Gasteiger partial charge is 0.258 e. The van der Waals surface area contributed by atoms with Gasteiger partial charge in [0.05, 0.1) is 31.4 Å². The van der Waals surface area contributed by atoms with Crippen molar-refractivity contribution in [1.29, 1.82) is 0 Å². The fraction of sp³-hybridized carbons (Fsp3) is 0.478. The lowest BCUT2D eigenvalue weighted by Gasteiger charge is -2.36. The highest BCUT2D eigenvalue weighted by atomic mass is 16.5. The number of piperidine rings is 1. The van der Waals surface area contributed by atoms with Crippen LogP contribution in [0.25, 0.3) is 0 Å².